The Labute approximate surface area is 133 Å². The summed E-state index contributed by atoms with van der Waals surface area (Å²) in [7, 11) is 2.06. The van der Waals surface area contributed by atoms with Crippen LogP contribution in [0.25, 0.3) is 0 Å². The minimum absolute atomic E-state index is 0.0279. The fraction of sp³-hybridized carbons (Fsp3) is 0.706. The third kappa shape index (κ3) is 5.15. The van der Waals surface area contributed by atoms with Crippen LogP contribution in [0.15, 0.2) is 12.1 Å². The van der Waals surface area contributed by atoms with Gasteiger partial charge in [0.2, 0.25) is 0 Å². The molecule has 0 bridgehead atoms. The van der Waals surface area contributed by atoms with Crippen molar-refractivity contribution in [2.75, 3.05) is 31.7 Å². The smallest absolute Gasteiger partial charge is 0.128 e. The summed E-state index contributed by atoms with van der Waals surface area (Å²) >= 11 is 6.02. The number of pyridine rings is 1. The standard InChI is InChI=1S/C17H27ClN2O/c1-17(2,3)15-9-14(11-18)10-16(19-15)20(4)7-8-21-12-13-5-6-13/h9-10,13H,5-8,11-12H2,1-4H3. The highest BCUT2D eigenvalue weighted by molar-refractivity contribution is 6.17. The van der Waals surface area contributed by atoms with Crippen LogP contribution >= 0.6 is 11.6 Å². The lowest BCUT2D eigenvalue weighted by molar-refractivity contribution is 0.131. The molecule has 21 heavy (non-hydrogen) atoms. The van der Waals surface area contributed by atoms with Crippen molar-refractivity contribution in [2.45, 2.75) is 44.9 Å². The Morgan fingerprint density at radius 1 is 1.33 bits per heavy atom. The van der Waals surface area contributed by atoms with Crippen LogP contribution in [-0.2, 0) is 16.0 Å². The topological polar surface area (TPSA) is 25.4 Å². The second-order valence-electron chi connectivity index (χ2n) is 7.04. The van der Waals surface area contributed by atoms with E-state index >= 15 is 0 Å². The fourth-order valence-corrected chi connectivity index (χ4v) is 2.23. The summed E-state index contributed by atoms with van der Waals surface area (Å²) in [6.45, 7) is 9.05. The Morgan fingerprint density at radius 3 is 2.62 bits per heavy atom. The summed E-state index contributed by atoms with van der Waals surface area (Å²) in [6, 6.07) is 4.18. The van der Waals surface area contributed by atoms with Crippen molar-refractivity contribution < 1.29 is 4.74 Å². The highest BCUT2D eigenvalue weighted by atomic mass is 35.5. The van der Waals surface area contributed by atoms with Gasteiger partial charge in [0.1, 0.15) is 5.82 Å². The summed E-state index contributed by atoms with van der Waals surface area (Å²) < 4.78 is 5.71. The van der Waals surface area contributed by atoms with Gasteiger partial charge in [0.25, 0.3) is 0 Å². The lowest BCUT2D eigenvalue weighted by Crippen LogP contribution is -2.25. The number of rotatable bonds is 7. The Hall–Kier alpha value is -0.800. The molecule has 0 amide bonds. The fourth-order valence-electron chi connectivity index (χ4n) is 2.08. The molecule has 1 aliphatic rings. The number of nitrogens with zero attached hydrogens (tertiary/aromatic N) is 2. The molecule has 118 valence electrons. The Morgan fingerprint density at radius 2 is 2.05 bits per heavy atom. The van der Waals surface area contributed by atoms with E-state index in [2.05, 4.69) is 44.9 Å². The molecule has 1 fully saturated rings. The SMILES string of the molecule is CN(CCOCC1CC1)c1cc(CCl)cc(C(C)(C)C)n1. The van der Waals surface area contributed by atoms with E-state index in [0.717, 1.165) is 42.8 Å². The first-order chi connectivity index (χ1) is 9.90. The maximum absolute atomic E-state index is 6.02. The van der Waals surface area contributed by atoms with Crippen LogP contribution in [0.3, 0.4) is 0 Å². The number of likely N-dealkylation sites (N-methyl/N-ethyl adjacent to an activating group) is 1. The molecule has 2 rings (SSSR count). The zero-order valence-corrected chi connectivity index (χ0v) is 14.4. The highest BCUT2D eigenvalue weighted by Crippen LogP contribution is 2.29. The second kappa shape index (κ2) is 6.97. The van der Waals surface area contributed by atoms with Crippen LogP contribution in [-0.4, -0.2) is 31.8 Å². The molecular weight excluding hydrogens is 284 g/mol. The van der Waals surface area contributed by atoms with Crippen LogP contribution in [0.1, 0.15) is 44.9 Å². The van der Waals surface area contributed by atoms with Crippen molar-refractivity contribution in [2.24, 2.45) is 5.92 Å². The summed E-state index contributed by atoms with van der Waals surface area (Å²) in [6.07, 6.45) is 2.67. The number of hydrogen-bond donors (Lipinski definition) is 0. The molecular formula is C17H27ClN2O. The van der Waals surface area contributed by atoms with Gasteiger partial charge in [0, 0.05) is 37.2 Å². The molecule has 1 aliphatic carbocycles. The molecule has 1 saturated carbocycles. The number of ether oxygens (including phenoxy) is 1. The molecule has 0 radical (unpaired) electrons. The van der Waals surface area contributed by atoms with Crippen LogP contribution in [0.2, 0.25) is 0 Å². The van der Waals surface area contributed by atoms with Crippen molar-refractivity contribution >= 4 is 17.4 Å². The predicted molar refractivity (Wildman–Crippen MR) is 89.3 cm³/mol. The lowest BCUT2D eigenvalue weighted by Gasteiger charge is -2.24. The van der Waals surface area contributed by atoms with Gasteiger partial charge in [-0.15, -0.1) is 11.6 Å². The van der Waals surface area contributed by atoms with Gasteiger partial charge in [-0.05, 0) is 36.5 Å². The third-order valence-corrected chi connectivity index (χ3v) is 4.12. The first kappa shape index (κ1) is 16.6. The minimum Gasteiger partial charge on any atom is -0.379 e. The summed E-state index contributed by atoms with van der Waals surface area (Å²) in [5.41, 5.74) is 2.24. The first-order valence-electron chi connectivity index (χ1n) is 7.76. The van der Waals surface area contributed by atoms with Gasteiger partial charge in [0.05, 0.1) is 6.61 Å². The Balaban J connectivity index is 1.98. The summed E-state index contributed by atoms with van der Waals surface area (Å²) in [4.78, 5) is 6.94. The molecule has 1 heterocycles. The van der Waals surface area contributed by atoms with E-state index < -0.39 is 0 Å². The van der Waals surface area contributed by atoms with Gasteiger partial charge in [-0.25, -0.2) is 4.98 Å². The summed E-state index contributed by atoms with van der Waals surface area (Å²) in [5.74, 6) is 2.32. The Bertz CT molecular complexity index is 466. The van der Waals surface area contributed by atoms with Gasteiger partial charge in [-0.1, -0.05) is 20.8 Å². The molecule has 3 nitrogen and oxygen atoms in total. The summed E-state index contributed by atoms with van der Waals surface area (Å²) in [5, 5.41) is 0. The quantitative estimate of drug-likeness (QED) is 0.562. The van der Waals surface area contributed by atoms with Crippen molar-refractivity contribution in [3.8, 4) is 0 Å². The van der Waals surface area contributed by atoms with E-state index in [-0.39, 0.29) is 5.41 Å². The minimum atomic E-state index is 0.0279. The molecule has 0 unspecified atom stereocenters. The number of alkyl halides is 1. The van der Waals surface area contributed by atoms with E-state index in [1.54, 1.807) is 0 Å². The molecule has 4 heteroatoms. The number of halogens is 1. The molecule has 0 aromatic carbocycles. The van der Waals surface area contributed by atoms with E-state index in [1.807, 2.05) is 0 Å². The van der Waals surface area contributed by atoms with Crippen molar-refractivity contribution in [3.05, 3.63) is 23.4 Å². The molecule has 1 aromatic heterocycles. The maximum Gasteiger partial charge on any atom is 0.128 e. The van der Waals surface area contributed by atoms with E-state index in [4.69, 9.17) is 21.3 Å². The monoisotopic (exact) mass is 310 g/mol. The first-order valence-corrected chi connectivity index (χ1v) is 8.30. The molecule has 0 atom stereocenters. The lowest BCUT2D eigenvalue weighted by atomic mass is 9.91. The molecule has 0 N–H and O–H groups in total. The van der Waals surface area contributed by atoms with Crippen LogP contribution in [0, 0.1) is 5.92 Å². The second-order valence-corrected chi connectivity index (χ2v) is 7.31. The molecule has 1 aromatic rings. The van der Waals surface area contributed by atoms with Gasteiger partial charge in [-0.2, -0.15) is 0 Å². The normalized spacial score (nSPS) is 15.3. The average Bonchev–Trinajstić information content (AvgIpc) is 3.26. The molecule has 0 spiro atoms. The van der Waals surface area contributed by atoms with Crippen LogP contribution in [0.5, 0.6) is 0 Å². The number of anilines is 1. The maximum atomic E-state index is 6.02. The van der Waals surface area contributed by atoms with Gasteiger partial charge in [-0.3, -0.25) is 0 Å². The van der Waals surface area contributed by atoms with Gasteiger partial charge < -0.3 is 9.64 Å². The van der Waals surface area contributed by atoms with Gasteiger partial charge >= 0.3 is 0 Å². The third-order valence-electron chi connectivity index (χ3n) is 3.81. The molecule has 0 aliphatic heterocycles. The van der Waals surface area contributed by atoms with Crippen molar-refractivity contribution in [3.63, 3.8) is 0 Å². The highest BCUT2D eigenvalue weighted by Gasteiger charge is 2.21. The predicted octanol–water partition coefficient (Wildman–Crippen LogP) is 3.98. The number of aromatic nitrogens is 1. The number of hydrogen-bond acceptors (Lipinski definition) is 3. The average molecular weight is 311 g/mol. The van der Waals surface area contributed by atoms with Crippen LogP contribution < -0.4 is 4.90 Å². The van der Waals surface area contributed by atoms with Gasteiger partial charge in [0.15, 0.2) is 0 Å². The van der Waals surface area contributed by atoms with Crippen LogP contribution in [0.4, 0.5) is 5.82 Å². The van der Waals surface area contributed by atoms with Crippen molar-refractivity contribution in [1.82, 2.24) is 4.98 Å². The van der Waals surface area contributed by atoms with E-state index in [1.165, 1.54) is 12.8 Å². The molecule has 0 saturated heterocycles. The van der Waals surface area contributed by atoms with E-state index in [9.17, 15) is 0 Å². The Kier molecular flexibility index (Phi) is 5.50. The van der Waals surface area contributed by atoms with E-state index in [0.29, 0.717) is 5.88 Å². The zero-order chi connectivity index (χ0) is 15.5. The zero-order valence-electron chi connectivity index (χ0n) is 13.7. The van der Waals surface area contributed by atoms with Crippen molar-refractivity contribution in [1.29, 1.82) is 0 Å². The largest absolute Gasteiger partial charge is 0.379 e.